The van der Waals surface area contributed by atoms with Gasteiger partial charge in [-0.05, 0) is 56.1 Å². The van der Waals surface area contributed by atoms with Crippen molar-refractivity contribution < 1.29 is 27.1 Å². The number of piperidine rings is 1. The van der Waals surface area contributed by atoms with Crippen molar-refractivity contribution in [2.45, 2.75) is 31.9 Å². The van der Waals surface area contributed by atoms with Crippen LogP contribution in [0.2, 0.25) is 0 Å². The second-order valence-electron chi connectivity index (χ2n) is 9.83. The first-order valence-electron chi connectivity index (χ1n) is 12.7. The van der Waals surface area contributed by atoms with Gasteiger partial charge in [-0.1, -0.05) is 18.2 Å². The molecule has 0 saturated carbocycles. The molecule has 0 bridgehead atoms. The number of rotatable bonds is 10. The Bertz CT molecular complexity index is 1240. The van der Waals surface area contributed by atoms with E-state index in [1.165, 1.54) is 17.0 Å². The van der Waals surface area contributed by atoms with E-state index in [0.29, 0.717) is 24.1 Å². The number of nitrogens with zero attached hydrogens (tertiary/aromatic N) is 5. The first kappa shape index (κ1) is 26.2. The number of amides is 1. The summed E-state index contributed by atoms with van der Waals surface area (Å²) in [4.78, 5) is 18.3. The fraction of sp³-hybridized carbons (Fsp3) is 0.444. The first-order chi connectivity index (χ1) is 18.4. The van der Waals surface area contributed by atoms with E-state index in [1.54, 1.807) is 0 Å². The zero-order valence-corrected chi connectivity index (χ0v) is 21.1. The average Bonchev–Trinajstić information content (AvgIpc) is 3.39. The Hall–Kier alpha value is -3.44. The molecule has 2 fully saturated rings. The molecule has 3 aromatic rings. The van der Waals surface area contributed by atoms with Crippen LogP contribution in [0, 0.1) is 11.7 Å². The van der Waals surface area contributed by atoms with Gasteiger partial charge in [0.25, 0.3) is 5.89 Å². The van der Waals surface area contributed by atoms with Crippen LogP contribution in [0.15, 0.2) is 46.9 Å². The number of ether oxygens (including phenoxy) is 1. The molecule has 3 heterocycles. The summed E-state index contributed by atoms with van der Waals surface area (Å²) >= 11 is 0. The van der Waals surface area contributed by atoms with Gasteiger partial charge in [-0.3, -0.25) is 9.69 Å². The number of halogens is 3. The van der Waals surface area contributed by atoms with E-state index in [0.717, 1.165) is 57.4 Å². The number of hydrogen-bond acceptors (Lipinski definition) is 7. The van der Waals surface area contributed by atoms with E-state index in [1.807, 2.05) is 31.3 Å². The second kappa shape index (κ2) is 11.5. The van der Waals surface area contributed by atoms with Crippen LogP contribution < -0.4 is 9.80 Å². The van der Waals surface area contributed by atoms with Gasteiger partial charge < -0.3 is 19.0 Å². The Balaban J connectivity index is 1.26. The molecular weight excluding hydrogens is 499 g/mol. The van der Waals surface area contributed by atoms with Gasteiger partial charge in [0.1, 0.15) is 5.82 Å². The van der Waals surface area contributed by atoms with Crippen LogP contribution in [-0.2, 0) is 16.1 Å². The third-order valence-corrected chi connectivity index (χ3v) is 7.32. The van der Waals surface area contributed by atoms with Crippen LogP contribution in [0.4, 0.5) is 24.5 Å². The summed E-state index contributed by atoms with van der Waals surface area (Å²) in [5.74, 6) is -1.09. The largest absolute Gasteiger partial charge is 0.415 e. The van der Waals surface area contributed by atoms with Crippen molar-refractivity contribution in [1.29, 1.82) is 0 Å². The first-order valence-corrected chi connectivity index (χ1v) is 12.7. The van der Waals surface area contributed by atoms with E-state index < -0.39 is 18.1 Å². The third kappa shape index (κ3) is 5.68. The molecule has 5 rings (SSSR count). The molecule has 2 saturated heterocycles. The standard InChI is InChI=1S/C27H30F3N5O3/c1-33(13-18-8-10-34(11-9-18)21-15-37-16-21)23-4-2-3-5-24(23)35(17-36)14-20-7-6-19(12-22(20)28)26-31-32-27(38-26)25(29)30/h2-7,12,17-18,21,25H,8-11,13-16H2,1H3. The predicted molar refractivity (Wildman–Crippen MR) is 136 cm³/mol. The molecule has 38 heavy (non-hydrogen) atoms. The number of alkyl halides is 2. The van der Waals surface area contributed by atoms with Gasteiger partial charge in [0.15, 0.2) is 0 Å². The van der Waals surface area contributed by atoms with Crippen LogP contribution in [0.3, 0.4) is 0 Å². The van der Waals surface area contributed by atoms with E-state index in [9.17, 15) is 18.0 Å². The Kier molecular flexibility index (Phi) is 7.94. The lowest BCUT2D eigenvalue weighted by molar-refractivity contribution is -0.107. The fourth-order valence-electron chi connectivity index (χ4n) is 5.06. The maximum absolute atomic E-state index is 15.0. The summed E-state index contributed by atoms with van der Waals surface area (Å²) in [5, 5.41) is 6.83. The van der Waals surface area contributed by atoms with Gasteiger partial charge >= 0.3 is 6.43 Å². The summed E-state index contributed by atoms with van der Waals surface area (Å²) in [5.41, 5.74) is 2.01. The zero-order valence-electron chi connectivity index (χ0n) is 21.1. The zero-order chi connectivity index (χ0) is 26.6. The molecule has 2 aromatic carbocycles. The molecule has 0 radical (unpaired) electrons. The van der Waals surface area contributed by atoms with Crippen molar-refractivity contribution in [2.24, 2.45) is 5.92 Å². The van der Waals surface area contributed by atoms with Gasteiger partial charge in [-0.25, -0.2) is 4.39 Å². The molecule has 2 aliphatic rings. The van der Waals surface area contributed by atoms with E-state index in [4.69, 9.17) is 9.15 Å². The molecule has 0 N–H and O–H groups in total. The minimum Gasteiger partial charge on any atom is -0.415 e. The summed E-state index contributed by atoms with van der Waals surface area (Å²) < 4.78 is 50.7. The Morgan fingerprint density at radius 3 is 2.45 bits per heavy atom. The van der Waals surface area contributed by atoms with Crippen molar-refractivity contribution in [3.8, 4) is 11.5 Å². The number of carbonyl (C=O) groups excluding carboxylic acids is 1. The summed E-state index contributed by atoms with van der Waals surface area (Å²) in [6.07, 6.45) is -0.00492. The lowest BCUT2D eigenvalue weighted by Gasteiger charge is -2.42. The number of benzene rings is 2. The average molecular weight is 530 g/mol. The van der Waals surface area contributed by atoms with Crippen molar-refractivity contribution in [1.82, 2.24) is 15.1 Å². The molecule has 1 aromatic heterocycles. The van der Waals surface area contributed by atoms with Crippen LogP contribution in [0.5, 0.6) is 0 Å². The van der Waals surface area contributed by atoms with E-state index in [2.05, 4.69) is 20.0 Å². The minimum absolute atomic E-state index is 0.00552. The van der Waals surface area contributed by atoms with Gasteiger partial charge in [0, 0.05) is 24.7 Å². The summed E-state index contributed by atoms with van der Waals surface area (Å²) in [6.45, 7) is 4.65. The number of carbonyl (C=O) groups is 1. The van der Waals surface area contributed by atoms with E-state index >= 15 is 0 Å². The maximum atomic E-state index is 15.0. The lowest BCUT2D eigenvalue weighted by Crippen LogP contribution is -2.52. The van der Waals surface area contributed by atoms with Gasteiger partial charge in [-0.2, -0.15) is 8.78 Å². The number of likely N-dealkylation sites (tertiary alicyclic amines) is 1. The molecule has 1 amide bonds. The van der Waals surface area contributed by atoms with Crippen molar-refractivity contribution in [2.75, 3.05) is 49.7 Å². The summed E-state index contributed by atoms with van der Waals surface area (Å²) in [7, 11) is 2.02. The molecular formula is C27H30F3N5O3. The molecule has 11 heteroatoms. The Morgan fingerprint density at radius 2 is 1.84 bits per heavy atom. The van der Waals surface area contributed by atoms with E-state index in [-0.39, 0.29) is 23.6 Å². The molecule has 0 aliphatic carbocycles. The number of para-hydroxylation sites is 2. The van der Waals surface area contributed by atoms with Crippen LogP contribution in [0.25, 0.3) is 11.5 Å². The lowest BCUT2D eigenvalue weighted by atomic mass is 9.94. The SMILES string of the molecule is CN(CC1CCN(C2COC2)CC1)c1ccccc1N(C=O)Cc1ccc(-c2nnc(C(F)F)o2)cc1F. The minimum atomic E-state index is -2.91. The molecule has 2 aliphatic heterocycles. The number of hydrogen-bond donors (Lipinski definition) is 0. The van der Waals surface area contributed by atoms with Crippen molar-refractivity contribution >= 4 is 17.8 Å². The normalized spacial score (nSPS) is 17.0. The summed E-state index contributed by atoms with van der Waals surface area (Å²) in [6, 6.07) is 12.3. The third-order valence-electron chi connectivity index (χ3n) is 7.32. The highest BCUT2D eigenvalue weighted by Gasteiger charge is 2.30. The highest BCUT2D eigenvalue weighted by molar-refractivity contribution is 5.84. The topological polar surface area (TPSA) is 74.9 Å². The molecule has 0 spiro atoms. The monoisotopic (exact) mass is 529 g/mol. The highest BCUT2D eigenvalue weighted by atomic mass is 19.3. The van der Waals surface area contributed by atoms with Crippen LogP contribution in [0.1, 0.15) is 30.7 Å². The van der Waals surface area contributed by atoms with Gasteiger partial charge in [0.2, 0.25) is 12.3 Å². The molecule has 0 atom stereocenters. The molecule has 202 valence electrons. The maximum Gasteiger partial charge on any atom is 0.314 e. The molecule has 8 nitrogen and oxygen atoms in total. The fourth-order valence-corrected chi connectivity index (χ4v) is 5.06. The van der Waals surface area contributed by atoms with Gasteiger partial charge in [0.05, 0.1) is 37.2 Å². The Morgan fingerprint density at radius 1 is 1.11 bits per heavy atom. The number of anilines is 2. The molecule has 0 unspecified atom stereocenters. The van der Waals surface area contributed by atoms with Crippen LogP contribution >= 0.6 is 0 Å². The van der Waals surface area contributed by atoms with Crippen LogP contribution in [-0.4, -0.2) is 67.4 Å². The second-order valence-corrected chi connectivity index (χ2v) is 9.83. The Labute approximate surface area is 219 Å². The predicted octanol–water partition coefficient (Wildman–Crippen LogP) is 4.52. The smallest absolute Gasteiger partial charge is 0.314 e. The van der Waals surface area contributed by atoms with Crippen molar-refractivity contribution in [3.63, 3.8) is 0 Å². The number of aromatic nitrogens is 2. The van der Waals surface area contributed by atoms with Crippen molar-refractivity contribution in [3.05, 3.63) is 59.7 Å². The quantitative estimate of drug-likeness (QED) is 0.358. The highest BCUT2D eigenvalue weighted by Crippen LogP contribution is 2.32. The van der Waals surface area contributed by atoms with Gasteiger partial charge in [-0.15, -0.1) is 10.2 Å².